The number of rotatable bonds is 3. The van der Waals surface area contributed by atoms with Crippen LogP contribution in [0.2, 0.25) is 0 Å². The smallest absolute Gasteiger partial charge is 0.354 e. The summed E-state index contributed by atoms with van der Waals surface area (Å²) in [5.41, 5.74) is 6.25. The number of nitrogens with zero attached hydrogens (tertiary/aromatic N) is 1. The predicted octanol–water partition coefficient (Wildman–Crippen LogP) is 2.18. The Morgan fingerprint density at radius 3 is 2.84 bits per heavy atom. The lowest BCUT2D eigenvalue weighted by molar-refractivity contribution is 0.0589. The monoisotopic (exact) mass is 266 g/mol. The first kappa shape index (κ1) is 13.1. The lowest BCUT2D eigenvalue weighted by Crippen LogP contribution is -2.11. The van der Waals surface area contributed by atoms with Gasteiger partial charge in [-0.1, -0.05) is 12.1 Å². The summed E-state index contributed by atoms with van der Waals surface area (Å²) in [6, 6.07) is 5.29. The molecule has 0 saturated carbocycles. The zero-order valence-corrected chi connectivity index (χ0v) is 10.2. The number of carbonyl (C=O) groups is 1. The molecule has 0 saturated heterocycles. The highest BCUT2D eigenvalue weighted by Gasteiger charge is 2.15. The summed E-state index contributed by atoms with van der Waals surface area (Å²) < 4.78 is 32.7. The molecule has 6 heteroatoms. The van der Waals surface area contributed by atoms with Gasteiger partial charge in [0.25, 0.3) is 0 Å². The molecular weight excluding hydrogens is 254 g/mol. The van der Waals surface area contributed by atoms with Crippen LogP contribution in [0.1, 0.15) is 16.1 Å². The molecule has 2 N–H and O–H groups in total. The largest absolute Gasteiger partial charge is 0.464 e. The van der Waals surface area contributed by atoms with Crippen molar-refractivity contribution in [3.05, 3.63) is 53.4 Å². The van der Waals surface area contributed by atoms with E-state index in [0.717, 1.165) is 6.07 Å². The highest BCUT2D eigenvalue weighted by Crippen LogP contribution is 2.17. The Kier molecular flexibility index (Phi) is 3.50. The van der Waals surface area contributed by atoms with E-state index in [9.17, 15) is 13.6 Å². The Balaban J connectivity index is 2.38. The quantitative estimate of drug-likeness (QED) is 0.866. The number of nitrogens with two attached hydrogens (primary N) is 1. The highest BCUT2D eigenvalue weighted by atomic mass is 19.2. The molecule has 0 aliphatic carbocycles. The average molecular weight is 266 g/mol. The summed E-state index contributed by atoms with van der Waals surface area (Å²) in [7, 11) is 1.23. The minimum absolute atomic E-state index is 0.00870. The summed E-state index contributed by atoms with van der Waals surface area (Å²) in [5, 5.41) is 0. The fourth-order valence-corrected chi connectivity index (χ4v) is 1.79. The fourth-order valence-electron chi connectivity index (χ4n) is 1.79. The Labute approximate surface area is 108 Å². The molecule has 0 aliphatic heterocycles. The molecule has 100 valence electrons. The molecule has 0 atom stereocenters. The van der Waals surface area contributed by atoms with Gasteiger partial charge in [0, 0.05) is 11.8 Å². The third-order valence-electron chi connectivity index (χ3n) is 2.68. The molecule has 0 unspecified atom stereocenters. The summed E-state index contributed by atoms with van der Waals surface area (Å²) in [6.07, 6.45) is 1.47. The first-order valence-electron chi connectivity index (χ1n) is 5.49. The van der Waals surface area contributed by atoms with E-state index < -0.39 is 17.6 Å². The Hall–Kier alpha value is -2.37. The summed E-state index contributed by atoms with van der Waals surface area (Å²) >= 11 is 0. The van der Waals surface area contributed by atoms with Crippen molar-refractivity contribution in [2.45, 2.75) is 6.54 Å². The third kappa shape index (κ3) is 2.57. The van der Waals surface area contributed by atoms with Gasteiger partial charge in [-0.15, -0.1) is 0 Å². The third-order valence-corrected chi connectivity index (χ3v) is 2.68. The number of anilines is 1. The second-order valence-electron chi connectivity index (χ2n) is 3.99. The van der Waals surface area contributed by atoms with Gasteiger partial charge in [-0.25, -0.2) is 13.6 Å². The van der Waals surface area contributed by atoms with Crippen LogP contribution >= 0.6 is 0 Å². The van der Waals surface area contributed by atoms with Gasteiger partial charge >= 0.3 is 5.97 Å². The zero-order chi connectivity index (χ0) is 14.0. The van der Waals surface area contributed by atoms with Gasteiger partial charge in [0.15, 0.2) is 11.6 Å². The fraction of sp³-hybridized carbons (Fsp3) is 0.154. The standard InChI is InChI=1S/C13H12F2N2O2/c1-19-13(18)11-5-9(16)7-17(11)6-8-3-2-4-10(14)12(8)15/h2-5,7H,6,16H2,1H3. The number of esters is 1. The van der Waals surface area contributed by atoms with Crippen molar-refractivity contribution < 1.29 is 18.3 Å². The van der Waals surface area contributed by atoms with Gasteiger partial charge in [0.2, 0.25) is 0 Å². The van der Waals surface area contributed by atoms with Gasteiger partial charge in [-0.05, 0) is 12.1 Å². The van der Waals surface area contributed by atoms with Gasteiger partial charge in [-0.3, -0.25) is 0 Å². The van der Waals surface area contributed by atoms with Crippen LogP contribution in [-0.4, -0.2) is 17.6 Å². The molecule has 0 amide bonds. The van der Waals surface area contributed by atoms with E-state index in [4.69, 9.17) is 5.73 Å². The minimum Gasteiger partial charge on any atom is -0.464 e. The number of methoxy groups -OCH3 is 1. The Morgan fingerprint density at radius 2 is 2.16 bits per heavy atom. The molecule has 1 aromatic heterocycles. The second kappa shape index (κ2) is 5.09. The predicted molar refractivity (Wildman–Crippen MR) is 65.6 cm³/mol. The van der Waals surface area contributed by atoms with E-state index in [1.165, 1.54) is 36.1 Å². The van der Waals surface area contributed by atoms with Gasteiger partial charge < -0.3 is 15.0 Å². The van der Waals surface area contributed by atoms with Crippen molar-refractivity contribution in [1.29, 1.82) is 0 Å². The number of aromatic nitrogens is 1. The maximum absolute atomic E-state index is 13.6. The van der Waals surface area contributed by atoms with Crippen molar-refractivity contribution in [2.75, 3.05) is 12.8 Å². The van der Waals surface area contributed by atoms with E-state index in [1.807, 2.05) is 0 Å². The van der Waals surface area contributed by atoms with Crippen molar-refractivity contribution >= 4 is 11.7 Å². The van der Waals surface area contributed by atoms with Crippen molar-refractivity contribution in [3.8, 4) is 0 Å². The number of hydrogen-bond acceptors (Lipinski definition) is 3. The molecule has 0 spiro atoms. The van der Waals surface area contributed by atoms with Crippen LogP contribution in [0.15, 0.2) is 30.5 Å². The topological polar surface area (TPSA) is 57.2 Å². The number of carbonyl (C=O) groups excluding carboxylic acids is 1. The van der Waals surface area contributed by atoms with E-state index in [0.29, 0.717) is 5.69 Å². The van der Waals surface area contributed by atoms with E-state index in [2.05, 4.69) is 4.74 Å². The molecule has 2 aromatic rings. The van der Waals surface area contributed by atoms with Gasteiger partial charge in [-0.2, -0.15) is 0 Å². The number of benzene rings is 1. The molecule has 2 rings (SSSR count). The van der Waals surface area contributed by atoms with Crippen LogP contribution in [0.4, 0.5) is 14.5 Å². The van der Waals surface area contributed by atoms with Crippen LogP contribution in [0, 0.1) is 11.6 Å². The van der Waals surface area contributed by atoms with Gasteiger partial charge in [0.05, 0.1) is 19.3 Å². The molecular formula is C13H12F2N2O2. The number of nitrogen functional groups attached to an aromatic ring is 1. The lowest BCUT2D eigenvalue weighted by Gasteiger charge is -2.08. The second-order valence-corrected chi connectivity index (χ2v) is 3.99. The molecule has 0 radical (unpaired) electrons. The Morgan fingerprint density at radius 1 is 1.42 bits per heavy atom. The molecule has 1 aromatic carbocycles. The first-order valence-corrected chi connectivity index (χ1v) is 5.49. The van der Waals surface area contributed by atoms with Crippen LogP contribution < -0.4 is 5.73 Å². The molecule has 1 heterocycles. The molecule has 0 aliphatic rings. The normalized spacial score (nSPS) is 10.5. The molecule has 0 bridgehead atoms. The van der Waals surface area contributed by atoms with Gasteiger partial charge in [0.1, 0.15) is 5.69 Å². The summed E-state index contributed by atoms with van der Waals surface area (Å²) in [4.78, 5) is 11.5. The lowest BCUT2D eigenvalue weighted by atomic mass is 10.2. The summed E-state index contributed by atoms with van der Waals surface area (Å²) in [5.74, 6) is -2.46. The van der Waals surface area contributed by atoms with E-state index in [1.54, 1.807) is 0 Å². The zero-order valence-electron chi connectivity index (χ0n) is 10.2. The van der Waals surface area contributed by atoms with Crippen molar-refractivity contribution in [1.82, 2.24) is 4.57 Å². The van der Waals surface area contributed by atoms with Crippen LogP contribution in [0.3, 0.4) is 0 Å². The molecule has 19 heavy (non-hydrogen) atoms. The Bertz CT molecular complexity index is 623. The molecule has 0 fully saturated rings. The highest BCUT2D eigenvalue weighted by molar-refractivity contribution is 5.89. The SMILES string of the molecule is COC(=O)c1cc(N)cn1Cc1cccc(F)c1F. The summed E-state index contributed by atoms with van der Waals surface area (Å²) in [6.45, 7) is -0.00870. The number of halogens is 2. The minimum atomic E-state index is -0.939. The maximum atomic E-state index is 13.6. The van der Waals surface area contributed by atoms with Crippen LogP contribution in [-0.2, 0) is 11.3 Å². The average Bonchev–Trinajstić information content (AvgIpc) is 2.75. The first-order chi connectivity index (χ1) is 9.02. The number of hydrogen-bond donors (Lipinski definition) is 1. The van der Waals surface area contributed by atoms with Crippen LogP contribution in [0.25, 0.3) is 0 Å². The van der Waals surface area contributed by atoms with Crippen LogP contribution in [0.5, 0.6) is 0 Å². The molecule has 4 nitrogen and oxygen atoms in total. The van der Waals surface area contributed by atoms with E-state index >= 15 is 0 Å². The maximum Gasteiger partial charge on any atom is 0.354 e. The van der Waals surface area contributed by atoms with E-state index in [-0.39, 0.29) is 17.8 Å². The van der Waals surface area contributed by atoms with Crippen molar-refractivity contribution in [2.24, 2.45) is 0 Å². The van der Waals surface area contributed by atoms with Crippen molar-refractivity contribution in [3.63, 3.8) is 0 Å². The number of ether oxygens (including phenoxy) is 1.